The van der Waals surface area contributed by atoms with Crippen LogP contribution in [0.4, 0.5) is 0 Å². The maximum Gasteiger partial charge on any atom is 0.115 e. The Labute approximate surface area is 145 Å². The van der Waals surface area contributed by atoms with E-state index in [1.165, 1.54) is 0 Å². The molecule has 1 rings (SSSR count). The number of benzene rings is 1. The van der Waals surface area contributed by atoms with Gasteiger partial charge in [-0.2, -0.15) is 4.51 Å². The van der Waals surface area contributed by atoms with E-state index < -0.39 is 0 Å². The molecule has 0 heterocycles. The summed E-state index contributed by atoms with van der Waals surface area (Å²) in [5, 5.41) is 9.81. The molecule has 124 valence electrons. The van der Waals surface area contributed by atoms with E-state index in [1.54, 1.807) is 12.1 Å². The summed E-state index contributed by atoms with van der Waals surface area (Å²) in [4.78, 5) is 0. The first-order chi connectivity index (χ1) is 11.0. The smallest absolute Gasteiger partial charge is 0.115 e. The number of nitrogens with zero attached hydrogens (tertiary/aromatic N) is 1. The van der Waals surface area contributed by atoms with Crippen LogP contribution in [0.1, 0.15) is 44.2 Å². The molecule has 0 amide bonds. The topological polar surface area (TPSA) is 32.6 Å². The van der Waals surface area contributed by atoms with E-state index in [0.29, 0.717) is 12.3 Å². The van der Waals surface area contributed by atoms with E-state index >= 15 is 0 Å². The minimum Gasteiger partial charge on any atom is -0.508 e. The van der Waals surface area contributed by atoms with E-state index in [4.69, 9.17) is 11.8 Å². The zero-order valence-electron chi connectivity index (χ0n) is 14.1. The van der Waals surface area contributed by atoms with E-state index in [1.807, 2.05) is 24.3 Å². The van der Waals surface area contributed by atoms with Crippen molar-refractivity contribution in [2.24, 2.45) is 10.4 Å². The van der Waals surface area contributed by atoms with Crippen LogP contribution in [0.5, 0.6) is 5.75 Å². The van der Waals surface area contributed by atoms with Gasteiger partial charge in [0.05, 0.1) is 5.71 Å². The van der Waals surface area contributed by atoms with Crippen LogP contribution >= 0.6 is 11.8 Å². The Bertz CT molecular complexity index is 602. The summed E-state index contributed by atoms with van der Waals surface area (Å²) in [6.07, 6.45) is 9.22. The maximum absolute atomic E-state index is 9.81. The summed E-state index contributed by atoms with van der Waals surface area (Å²) in [5.41, 5.74) is 3.87. The molecule has 0 aliphatic heterocycles. The van der Waals surface area contributed by atoms with E-state index in [-0.39, 0.29) is 5.75 Å². The van der Waals surface area contributed by atoms with Crippen LogP contribution in [0.15, 0.2) is 54.1 Å². The van der Waals surface area contributed by atoms with Gasteiger partial charge in [-0.15, -0.1) is 6.58 Å². The normalized spacial score (nSPS) is 13.3. The highest BCUT2D eigenvalue weighted by molar-refractivity contribution is 6.22. The number of allylic oxidation sites excluding steroid dienone is 4. The molecular formula is C20H26ClNO. The van der Waals surface area contributed by atoms with Crippen molar-refractivity contribution in [3.63, 3.8) is 0 Å². The molecule has 0 aliphatic carbocycles. The second-order valence-electron chi connectivity index (χ2n) is 5.84. The fraction of sp³-hybridized carbons (Fsp3) is 0.350. The van der Waals surface area contributed by atoms with Crippen LogP contribution in [0.25, 0.3) is 5.57 Å². The van der Waals surface area contributed by atoms with Gasteiger partial charge < -0.3 is 5.11 Å². The van der Waals surface area contributed by atoms with E-state index in [9.17, 15) is 5.11 Å². The largest absolute Gasteiger partial charge is 0.508 e. The molecule has 0 spiro atoms. The van der Waals surface area contributed by atoms with Gasteiger partial charge in [-0.3, -0.25) is 0 Å². The van der Waals surface area contributed by atoms with Gasteiger partial charge >= 0.3 is 0 Å². The molecule has 0 saturated heterocycles. The Balaban J connectivity index is 3.03. The van der Waals surface area contributed by atoms with Gasteiger partial charge in [0.2, 0.25) is 0 Å². The summed E-state index contributed by atoms with van der Waals surface area (Å²) >= 11 is 5.69. The SMILES string of the molecule is C=CCC(C)CC(=C)c1ccc(O)cc1CC(/C=C/CC)=N/Cl. The van der Waals surface area contributed by atoms with Crippen LogP contribution in [-0.4, -0.2) is 10.8 Å². The van der Waals surface area contributed by atoms with Gasteiger partial charge in [0.25, 0.3) is 0 Å². The van der Waals surface area contributed by atoms with Crippen molar-refractivity contribution >= 4 is 23.1 Å². The Morgan fingerprint density at radius 2 is 2.17 bits per heavy atom. The lowest BCUT2D eigenvalue weighted by Crippen LogP contribution is -2.03. The zero-order chi connectivity index (χ0) is 17.2. The third-order valence-corrected chi connectivity index (χ3v) is 3.88. The second kappa shape index (κ2) is 10.1. The first kappa shape index (κ1) is 19.2. The highest BCUT2D eigenvalue weighted by atomic mass is 35.5. The predicted molar refractivity (Wildman–Crippen MR) is 102 cm³/mol. The molecule has 1 unspecified atom stereocenters. The highest BCUT2D eigenvalue weighted by Gasteiger charge is 2.12. The zero-order valence-corrected chi connectivity index (χ0v) is 14.8. The average Bonchev–Trinajstić information content (AvgIpc) is 2.51. The molecular weight excluding hydrogens is 306 g/mol. The van der Waals surface area contributed by atoms with Crippen molar-refractivity contribution in [1.29, 1.82) is 0 Å². The molecule has 0 bridgehead atoms. The Morgan fingerprint density at radius 3 is 2.78 bits per heavy atom. The van der Waals surface area contributed by atoms with Gasteiger partial charge in [-0.1, -0.05) is 38.6 Å². The number of halogens is 1. The van der Waals surface area contributed by atoms with Crippen LogP contribution in [0, 0.1) is 5.92 Å². The van der Waals surface area contributed by atoms with E-state index in [2.05, 4.69) is 31.5 Å². The van der Waals surface area contributed by atoms with Crippen molar-refractivity contribution in [2.75, 3.05) is 0 Å². The summed E-state index contributed by atoms with van der Waals surface area (Å²) in [6, 6.07) is 5.38. The molecule has 0 radical (unpaired) electrons. The minimum absolute atomic E-state index is 0.240. The van der Waals surface area contributed by atoms with Crippen molar-refractivity contribution in [3.05, 3.63) is 60.7 Å². The third-order valence-electron chi connectivity index (χ3n) is 3.66. The number of hydrogen-bond acceptors (Lipinski definition) is 2. The molecule has 23 heavy (non-hydrogen) atoms. The summed E-state index contributed by atoms with van der Waals surface area (Å²) in [7, 11) is 0. The van der Waals surface area contributed by atoms with Crippen molar-refractivity contribution in [3.8, 4) is 5.75 Å². The number of phenolic OH excluding ortho intramolecular Hbond substituents is 1. The predicted octanol–water partition coefficient (Wildman–Crippen LogP) is 6.11. The first-order valence-electron chi connectivity index (χ1n) is 7.97. The fourth-order valence-electron chi connectivity index (χ4n) is 2.54. The molecule has 0 aromatic heterocycles. The van der Waals surface area contributed by atoms with Crippen molar-refractivity contribution < 1.29 is 5.11 Å². The lowest BCUT2D eigenvalue weighted by molar-refractivity contribution is 0.474. The Morgan fingerprint density at radius 1 is 1.43 bits per heavy atom. The van der Waals surface area contributed by atoms with Gasteiger partial charge in [-0.25, -0.2) is 0 Å². The summed E-state index contributed by atoms with van der Waals surface area (Å²) in [5.74, 6) is 0.729. The summed E-state index contributed by atoms with van der Waals surface area (Å²) in [6.45, 7) is 12.3. The van der Waals surface area contributed by atoms with Crippen LogP contribution in [0.2, 0.25) is 0 Å². The molecule has 0 aliphatic rings. The van der Waals surface area contributed by atoms with Crippen LogP contribution in [0.3, 0.4) is 0 Å². The van der Waals surface area contributed by atoms with Gasteiger partial charge in [0.15, 0.2) is 0 Å². The lowest BCUT2D eigenvalue weighted by atomic mass is 9.90. The fourth-order valence-corrected chi connectivity index (χ4v) is 2.65. The molecule has 0 saturated carbocycles. The number of rotatable bonds is 9. The maximum atomic E-state index is 9.81. The summed E-state index contributed by atoms with van der Waals surface area (Å²) < 4.78 is 3.82. The standard InChI is InChI=1S/C20H26ClNO/c1-5-7-9-18(22-21)13-17-14-19(23)10-11-20(17)16(4)12-15(3)8-6-2/h6-7,9-11,14-15,23H,2,4-5,8,12-13H2,1,3H3/b9-7+,22-18+. The van der Waals surface area contributed by atoms with Gasteiger partial charge in [-0.05, 0) is 60.1 Å². The minimum atomic E-state index is 0.240. The molecule has 2 nitrogen and oxygen atoms in total. The molecule has 1 N–H and O–H groups in total. The first-order valence-corrected chi connectivity index (χ1v) is 8.30. The van der Waals surface area contributed by atoms with Crippen LogP contribution < -0.4 is 0 Å². The molecule has 0 fully saturated rings. The molecule has 1 atom stereocenters. The number of aromatic hydroxyl groups is 1. The highest BCUT2D eigenvalue weighted by Crippen LogP contribution is 2.28. The quantitative estimate of drug-likeness (QED) is 0.429. The molecule has 3 heteroatoms. The average molecular weight is 332 g/mol. The van der Waals surface area contributed by atoms with Crippen LogP contribution in [-0.2, 0) is 6.42 Å². The van der Waals surface area contributed by atoms with Gasteiger partial charge in [0, 0.05) is 18.2 Å². The third kappa shape index (κ3) is 6.45. The lowest BCUT2D eigenvalue weighted by Gasteiger charge is -2.16. The van der Waals surface area contributed by atoms with Crippen molar-refractivity contribution in [1.82, 2.24) is 0 Å². The monoisotopic (exact) mass is 331 g/mol. The molecule has 1 aromatic carbocycles. The Hall–Kier alpha value is -1.80. The second-order valence-corrected chi connectivity index (χ2v) is 6.01. The van der Waals surface area contributed by atoms with Gasteiger partial charge in [0.1, 0.15) is 5.75 Å². The molecule has 1 aromatic rings. The number of hydrogen-bond donors (Lipinski definition) is 1. The van der Waals surface area contributed by atoms with E-state index in [0.717, 1.165) is 41.7 Å². The Kier molecular flexibility index (Phi) is 8.42. The van der Waals surface area contributed by atoms with Crippen molar-refractivity contribution in [2.45, 2.75) is 39.5 Å². The number of phenols is 1.